The van der Waals surface area contributed by atoms with Crippen LogP contribution in [0.5, 0.6) is 0 Å². The molecule has 3 fully saturated rings. The van der Waals surface area contributed by atoms with Gasteiger partial charge in [-0.3, -0.25) is 0 Å². The van der Waals surface area contributed by atoms with Crippen LogP contribution in [0.1, 0.15) is 86.1 Å². The lowest BCUT2D eigenvalue weighted by Crippen LogP contribution is -2.49. The number of benzene rings is 1. The molecule has 0 bridgehead atoms. The summed E-state index contributed by atoms with van der Waals surface area (Å²) >= 11 is 6.67. The van der Waals surface area contributed by atoms with E-state index in [-0.39, 0.29) is 12.0 Å². The third kappa shape index (κ3) is 6.42. The van der Waals surface area contributed by atoms with E-state index >= 15 is 0 Å². The van der Waals surface area contributed by atoms with Gasteiger partial charge in [0.05, 0.1) is 23.3 Å². The first-order chi connectivity index (χ1) is 17.5. The number of likely N-dealkylation sites (tertiary alicyclic amines) is 1. The van der Waals surface area contributed by atoms with Crippen LogP contribution >= 0.6 is 11.6 Å². The van der Waals surface area contributed by atoms with Crippen LogP contribution in [-0.2, 0) is 18.8 Å². The number of hydrogen-bond donors (Lipinski definition) is 1. The highest BCUT2D eigenvalue weighted by molar-refractivity contribution is 6.63. The number of halogens is 1. The minimum Gasteiger partial charge on any atom is -0.450 e. The maximum absolute atomic E-state index is 12.5. The van der Waals surface area contributed by atoms with Gasteiger partial charge in [0.25, 0.3) is 0 Å². The molecule has 3 aliphatic rings. The van der Waals surface area contributed by atoms with Crippen molar-refractivity contribution in [1.29, 1.82) is 0 Å². The van der Waals surface area contributed by atoms with Crippen LogP contribution in [-0.4, -0.2) is 66.2 Å². The van der Waals surface area contributed by atoms with Crippen molar-refractivity contribution in [3.63, 3.8) is 0 Å². The number of carbonyl (C=O) groups is 2. The Balaban J connectivity index is 1.27. The number of rotatable bonds is 6. The fourth-order valence-corrected chi connectivity index (χ4v) is 5.49. The summed E-state index contributed by atoms with van der Waals surface area (Å²) in [6, 6.07) is 5.88. The van der Waals surface area contributed by atoms with Crippen molar-refractivity contribution in [1.82, 2.24) is 10.2 Å². The van der Waals surface area contributed by atoms with E-state index in [1.807, 2.05) is 73.6 Å². The zero-order valence-corrected chi connectivity index (χ0v) is 24.7. The topological polar surface area (TPSA) is 86.3 Å². The van der Waals surface area contributed by atoms with Crippen LogP contribution < -0.4 is 10.8 Å². The van der Waals surface area contributed by atoms with Crippen LogP contribution in [0.3, 0.4) is 0 Å². The first-order valence-electron chi connectivity index (χ1n) is 13.6. The van der Waals surface area contributed by atoms with E-state index in [9.17, 15) is 9.59 Å². The predicted molar refractivity (Wildman–Crippen MR) is 148 cm³/mol. The van der Waals surface area contributed by atoms with Gasteiger partial charge in [0.2, 0.25) is 0 Å². The molecule has 2 saturated heterocycles. The van der Waals surface area contributed by atoms with Crippen molar-refractivity contribution in [2.24, 2.45) is 5.92 Å². The summed E-state index contributed by atoms with van der Waals surface area (Å²) < 4.78 is 23.6. The lowest BCUT2D eigenvalue weighted by molar-refractivity contribution is 0.00578. The van der Waals surface area contributed by atoms with Crippen LogP contribution in [0.4, 0.5) is 9.59 Å². The lowest BCUT2D eigenvalue weighted by Gasteiger charge is -2.32. The number of alkyl carbamates (subject to hydrolysis) is 1. The van der Waals surface area contributed by atoms with Crippen LogP contribution in [0, 0.1) is 5.92 Å². The van der Waals surface area contributed by atoms with E-state index in [2.05, 4.69) is 5.32 Å². The van der Waals surface area contributed by atoms with Crippen molar-refractivity contribution >= 4 is 36.4 Å². The Morgan fingerprint density at radius 1 is 1.16 bits per heavy atom. The summed E-state index contributed by atoms with van der Waals surface area (Å²) in [5.74, 6) is 0.646. The normalized spacial score (nSPS) is 27.8. The molecular formula is C28H42BClN2O6. The molecule has 8 nitrogen and oxygen atoms in total. The second-order valence-corrected chi connectivity index (χ2v) is 13.6. The summed E-state index contributed by atoms with van der Waals surface area (Å²) in [5.41, 5.74) is 0.0837. The van der Waals surface area contributed by atoms with E-state index in [0.717, 1.165) is 23.9 Å². The molecule has 2 heterocycles. The van der Waals surface area contributed by atoms with Crippen molar-refractivity contribution in [3.05, 3.63) is 28.8 Å². The van der Waals surface area contributed by atoms with Gasteiger partial charge < -0.3 is 29.0 Å². The molecule has 2 amide bonds. The van der Waals surface area contributed by atoms with E-state index in [4.69, 9.17) is 30.4 Å². The fraction of sp³-hybridized carbons (Fsp3) is 0.714. The second-order valence-electron chi connectivity index (χ2n) is 13.2. The van der Waals surface area contributed by atoms with Crippen molar-refractivity contribution in [2.45, 2.75) is 103 Å². The highest BCUT2D eigenvalue weighted by Crippen LogP contribution is 2.51. The Hall–Kier alpha value is -1.97. The van der Waals surface area contributed by atoms with Gasteiger partial charge in [0.1, 0.15) is 5.60 Å². The minimum absolute atomic E-state index is 0.277. The van der Waals surface area contributed by atoms with Gasteiger partial charge in [-0.25, -0.2) is 9.59 Å². The molecule has 10 heteroatoms. The molecule has 0 spiro atoms. The second kappa shape index (κ2) is 10.2. The Morgan fingerprint density at radius 3 is 2.45 bits per heavy atom. The standard InChI is InChI=1S/C28H42BClN2O6/c1-25(2,3)36-24(34)32-14-13-28(8,17-32)31-23(33)35-15-12-18-16-19(18)22-20(10-9-11-21(22)30)29-37-26(4,5)27(6,7)38-29/h9-11,18-19H,12-17H2,1-8H3,(H,31,33)/t18?,19?,28-/m1/s1. The largest absolute Gasteiger partial charge is 0.495 e. The van der Waals surface area contributed by atoms with E-state index < -0.39 is 35.6 Å². The monoisotopic (exact) mass is 548 g/mol. The molecular weight excluding hydrogens is 507 g/mol. The van der Waals surface area contributed by atoms with Crippen LogP contribution in [0.25, 0.3) is 0 Å². The molecule has 1 saturated carbocycles. The van der Waals surface area contributed by atoms with Crippen LogP contribution in [0.2, 0.25) is 5.02 Å². The third-order valence-electron chi connectivity index (χ3n) is 8.14. The van der Waals surface area contributed by atoms with E-state index in [1.54, 1.807) is 4.90 Å². The molecule has 2 aliphatic heterocycles. The maximum Gasteiger partial charge on any atom is 0.495 e. The highest BCUT2D eigenvalue weighted by atomic mass is 35.5. The van der Waals surface area contributed by atoms with Gasteiger partial charge in [-0.2, -0.15) is 0 Å². The van der Waals surface area contributed by atoms with E-state index in [1.165, 1.54) is 0 Å². The van der Waals surface area contributed by atoms with Gasteiger partial charge in [-0.05, 0) is 104 Å². The van der Waals surface area contributed by atoms with Crippen molar-refractivity contribution < 1.29 is 28.4 Å². The number of ether oxygens (including phenoxy) is 2. The molecule has 3 atom stereocenters. The summed E-state index contributed by atoms with van der Waals surface area (Å²) in [5, 5.41) is 3.66. The molecule has 2 unspecified atom stereocenters. The summed E-state index contributed by atoms with van der Waals surface area (Å²) in [6.45, 7) is 16.8. The number of hydrogen-bond acceptors (Lipinski definition) is 6. The van der Waals surface area contributed by atoms with Gasteiger partial charge in [-0.15, -0.1) is 0 Å². The molecule has 0 aromatic heterocycles. The lowest BCUT2D eigenvalue weighted by atomic mass is 9.74. The average Bonchev–Trinajstić information content (AvgIpc) is 3.35. The SMILES string of the molecule is CC(C)(C)OC(=O)N1CC[C@@](C)(NC(=O)OCCC2CC2c2c(Cl)cccc2B2OC(C)(C)C(C)(C)O2)C1. The van der Waals surface area contributed by atoms with Gasteiger partial charge in [-0.1, -0.05) is 23.7 Å². The van der Waals surface area contributed by atoms with Crippen molar-refractivity contribution in [2.75, 3.05) is 19.7 Å². The minimum atomic E-state index is -0.557. The molecule has 1 aromatic rings. The quantitative estimate of drug-likeness (QED) is 0.488. The number of amides is 2. The number of nitrogens with one attached hydrogen (secondary N) is 1. The van der Waals surface area contributed by atoms with Gasteiger partial charge in [0, 0.05) is 18.1 Å². The van der Waals surface area contributed by atoms with E-state index in [0.29, 0.717) is 37.1 Å². The Kier molecular flexibility index (Phi) is 7.80. The third-order valence-corrected chi connectivity index (χ3v) is 8.47. The first-order valence-corrected chi connectivity index (χ1v) is 13.9. The maximum atomic E-state index is 12.5. The Labute approximate surface area is 232 Å². The zero-order valence-electron chi connectivity index (χ0n) is 24.0. The Bertz CT molecular complexity index is 1060. The summed E-state index contributed by atoms with van der Waals surface area (Å²) in [4.78, 5) is 26.5. The van der Waals surface area contributed by atoms with Crippen LogP contribution in [0.15, 0.2) is 18.2 Å². The highest BCUT2D eigenvalue weighted by Gasteiger charge is 2.53. The zero-order chi connectivity index (χ0) is 28.1. The number of carbonyl (C=O) groups excluding carboxylic acids is 2. The Morgan fingerprint density at radius 2 is 1.82 bits per heavy atom. The first kappa shape index (κ1) is 29.0. The average molecular weight is 549 g/mol. The fourth-order valence-electron chi connectivity index (χ4n) is 5.17. The molecule has 0 radical (unpaired) electrons. The van der Waals surface area contributed by atoms with Crippen molar-refractivity contribution in [3.8, 4) is 0 Å². The molecule has 1 aromatic carbocycles. The molecule has 4 rings (SSSR count). The number of nitrogens with zero attached hydrogens (tertiary/aromatic N) is 1. The van der Waals surface area contributed by atoms with Gasteiger partial charge in [0.15, 0.2) is 0 Å². The summed E-state index contributed by atoms with van der Waals surface area (Å²) in [7, 11) is -0.468. The predicted octanol–water partition coefficient (Wildman–Crippen LogP) is 5.26. The molecule has 38 heavy (non-hydrogen) atoms. The smallest absolute Gasteiger partial charge is 0.450 e. The molecule has 1 aliphatic carbocycles. The molecule has 210 valence electrons. The molecule has 1 N–H and O–H groups in total. The summed E-state index contributed by atoms with van der Waals surface area (Å²) in [6.07, 6.45) is 1.53. The van der Waals surface area contributed by atoms with Gasteiger partial charge >= 0.3 is 19.3 Å².